The summed E-state index contributed by atoms with van der Waals surface area (Å²) >= 11 is 0. The Hall–Kier alpha value is -0.0500. The van der Waals surface area contributed by atoms with Crippen LogP contribution in [-0.2, 0) is 4.74 Å². The van der Waals surface area contributed by atoms with Gasteiger partial charge in [0.1, 0.15) is 0 Å². The van der Waals surface area contributed by atoms with Gasteiger partial charge in [0.25, 0.3) is 0 Å². The van der Waals surface area contributed by atoms with E-state index in [9.17, 15) is 0 Å². The molecule has 0 aromatic carbocycles. The van der Waals surface area contributed by atoms with Gasteiger partial charge in [0, 0.05) is 6.20 Å². The Morgan fingerprint density at radius 1 is 1.25 bits per heavy atom. The van der Waals surface area contributed by atoms with Crippen LogP contribution in [-0.4, -0.2) is 36.0 Å². The fourth-order valence-corrected chi connectivity index (χ4v) is 0.296. The molecule has 0 bridgehead atoms. The van der Waals surface area contributed by atoms with Crippen molar-refractivity contribution in [2.24, 2.45) is 4.99 Å². The molecule has 1 aliphatic heterocycles. The number of nitrogens with zero attached hydrogens (tertiary/aromatic N) is 1. The Morgan fingerprint density at radius 2 is 2.12 bits per heavy atom. The molecule has 1 heterocycles. The molecule has 2 nitrogen and oxygen atoms in total. The van der Waals surface area contributed by atoms with Crippen molar-refractivity contribution in [2.75, 3.05) is 0 Å². The van der Waals surface area contributed by atoms with E-state index in [1.54, 1.807) is 24.6 Å². The molecular formula is C5H6NNaO. The molecule has 0 spiro atoms. The third-order valence-corrected chi connectivity index (χ3v) is 0.562. The van der Waals surface area contributed by atoms with Gasteiger partial charge < -0.3 is 4.74 Å². The van der Waals surface area contributed by atoms with Gasteiger partial charge in [-0.25, -0.2) is 4.99 Å². The summed E-state index contributed by atoms with van der Waals surface area (Å²) in [7, 11) is 0. The van der Waals surface area contributed by atoms with Crippen molar-refractivity contribution in [3.05, 3.63) is 24.6 Å². The Balaban J connectivity index is 0.000000490. The van der Waals surface area contributed by atoms with Gasteiger partial charge in [-0.2, -0.15) is 0 Å². The van der Waals surface area contributed by atoms with Crippen LogP contribution in [0, 0.1) is 0 Å². The summed E-state index contributed by atoms with van der Waals surface area (Å²) in [5.41, 5.74) is 0. The van der Waals surface area contributed by atoms with Crippen molar-refractivity contribution in [2.45, 2.75) is 0 Å². The number of hydrogen-bond acceptors (Lipinski definition) is 2. The molecule has 0 radical (unpaired) electrons. The standard InChI is InChI=1S/C5H5NO.Na.H/c1-2-4-7-5-6-3-1;;/h1-5H;;. The van der Waals surface area contributed by atoms with Crippen molar-refractivity contribution in [3.8, 4) is 0 Å². The number of ether oxygens (including phenoxy) is 1. The molecular weight excluding hydrogens is 113 g/mol. The van der Waals surface area contributed by atoms with E-state index in [0.29, 0.717) is 0 Å². The van der Waals surface area contributed by atoms with Crippen molar-refractivity contribution in [3.63, 3.8) is 0 Å². The summed E-state index contributed by atoms with van der Waals surface area (Å²) < 4.78 is 4.66. The maximum absolute atomic E-state index is 4.66. The van der Waals surface area contributed by atoms with Gasteiger partial charge >= 0.3 is 29.6 Å². The van der Waals surface area contributed by atoms with E-state index in [1.807, 2.05) is 0 Å². The zero-order chi connectivity index (χ0) is 4.95. The van der Waals surface area contributed by atoms with Crippen molar-refractivity contribution in [1.29, 1.82) is 0 Å². The number of rotatable bonds is 0. The zero-order valence-corrected chi connectivity index (χ0v) is 3.74. The predicted molar refractivity (Wildman–Crippen MR) is 35.0 cm³/mol. The van der Waals surface area contributed by atoms with Crippen molar-refractivity contribution < 1.29 is 4.74 Å². The third kappa shape index (κ3) is 3.02. The van der Waals surface area contributed by atoms with Crippen LogP contribution in [0.4, 0.5) is 0 Å². The first-order valence-corrected chi connectivity index (χ1v) is 1.99. The van der Waals surface area contributed by atoms with E-state index in [2.05, 4.69) is 9.73 Å². The van der Waals surface area contributed by atoms with Crippen LogP contribution in [0.15, 0.2) is 29.6 Å². The Labute approximate surface area is 70.2 Å². The van der Waals surface area contributed by atoms with E-state index >= 15 is 0 Å². The van der Waals surface area contributed by atoms with Gasteiger partial charge in [0.05, 0.1) is 6.26 Å². The molecule has 0 saturated heterocycles. The third-order valence-electron chi connectivity index (χ3n) is 0.562. The second-order valence-corrected chi connectivity index (χ2v) is 1.06. The molecule has 3 heteroatoms. The fourth-order valence-electron chi connectivity index (χ4n) is 0.296. The van der Waals surface area contributed by atoms with Gasteiger partial charge in [-0.1, -0.05) is 0 Å². The van der Waals surface area contributed by atoms with Crippen LogP contribution < -0.4 is 0 Å². The minimum absolute atomic E-state index is 0. The van der Waals surface area contributed by atoms with Crippen molar-refractivity contribution in [1.82, 2.24) is 0 Å². The molecule has 0 atom stereocenters. The first-order valence-electron chi connectivity index (χ1n) is 1.99. The van der Waals surface area contributed by atoms with Crippen LogP contribution in [0.3, 0.4) is 0 Å². The summed E-state index contributed by atoms with van der Waals surface area (Å²) in [4.78, 5) is 3.68. The second-order valence-electron chi connectivity index (χ2n) is 1.06. The Kier molecular flexibility index (Phi) is 5.06. The first-order chi connectivity index (χ1) is 3.50. The van der Waals surface area contributed by atoms with Gasteiger partial charge in [-0.05, 0) is 12.2 Å². The van der Waals surface area contributed by atoms with Gasteiger partial charge in [-0.3, -0.25) is 0 Å². The fraction of sp³-hybridized carbons (Fsp3) is 0. The van der Waals surface area contributed by atoms with E-state index in [4.69, 9.17) is 0 Å². The van der Waals surface area contributed by atoms with Crippen molar-refractivity contribution >= 4 is 36.0 Å². The minimum atomic E-state index is 0. The zero-order valence-electron chi connectivity index (χ0n) is 3.74. The molecule has 0 aromatic heterocycles. The second kappa shape index (κ2) is 5.09. The quantitative estimate of drug-likeness (QED) is 0.423. The summed E-state index contributed by atoms with van der Waals surface area (Å²) in [5, 5.41) is 0. The number of aliphatic imine (C=N–C) groups is 1. The first kappa shape index (κ1) is 7.95. The molecule has 8 heavy (non-hydrogen) atoms. The van der Waals surface area contributed by atoms with E-state index in [-0.39, 0.29) is 29.6 Å². The summed E-state index contributed by atoms with van der Waals surface area (Å²) in [5.74, 6) is 0. The van der Waals surface area contributed by atoms with Gasteiger partial charge in [0.15, 0.2) is 6.40 Å². The predicted octanol–water partition coefficient (Wildman–Crippen LogP) is 0.424. The normalized spacial score (nSPS) is 14.0. The molecule has 0 saturated carbocycles. The monoisotopic (exact) mass is 119 g/mol. The summed E-state index contributed by atoms with van der Waals surface area (Å²) in [6, 6.07) is 0. The topological polar surface area (TPSA) is 21.6 Å². The average Bonchev–Trinajstić information content (AvgIpc) is 1.90. The Morgan fingerprint density at radius 3 is 3.00 bits per heavy atom. The number of hydrogen-bond donors (Lipinski definition) is 0. The van der Waals surface area contributed by atoms with Crippen LogP contribution in [0.5, 0.6) is 0 Å². The molecule has 0 fully saturated rings. The molecule has 0 aliphatic carbocycles. The maximum atomic E-state index is 4.66. The van der Waals surface area contributed by atoms with Crippen LogP contribution in [0.25, 0.3) is 0 Å². The average molecular weight is 119 g/mol. The molecule has 0 unspecified atom stereocenters. The summed E-state index contributed by atoms with van der Waals surface area (Å²) in [6.45, 7) is 0. The van der Waals surface area contributed by atoms with Crippen LogP contribution in [0.1, 0.15) is 0 Å². The van der Waals surface area contributed by atoms with Gasteiger partial charge in [-0.15, -0.1) is 0 Å². The van der Waals surface area contributed by atoms with Crippen LogP contribution in [0.2, 0.25) is 0 Å². The molecule has 0 amide bonds. The summed E-state index contributed by atoms with van der Waals surface area (Å²) in [6.07, 6.45) is 8.16. The SMILES string of the molecule is C1=CN=COC=C1.[NaH]. The molecule has 1 rings (SSSR count). The molecule has 0 aromatic rings. The number of allylic oxidation sites excluding steroid dienone is 2. The van der Waals surface area contributed by atoms with E-state index in [1.165, 1.54) is 6.40 Å². The Bertz CT molecular complexity index is 114. The van der Waals surface area contributed by atoms with Gasteiger partial charge in [0.2, 0.25) is 0 Å². The van der Waals surface area contributed by atoms with E-state index < -0.39 is 0 Å². The molecule has 38 valence electrons. The molecule has 0 N–H and O–H groups in total. The molecule has 1 aliphatic rings. The van der Waals surface area contributed by atoms with Crippen LogP contribution >= 0.6 is 0 Å². The van der Waals surface area contributed by atoms with E-state index in [0.717, 1.165) is 0 Å².